The van der Waals surface area contributed by atoms with Gasteiger partial charge < -0.3 is 10.6 Å². The molecule has 6 nitrogen and oxygen atoms in total. The van der Waals surface area contributed by atoms with E-state index in [1.165, 1.54) is 13.1 Å². The highest BCUT2D eigenvalue weighted by Gasteiger charge is 2.26. The highest BCUT2D eigenvalue weighted by atomic mass is 16.2. The van der Waals surface area contributed by atoms with Crippen LogP contribution in [0.25, 0.3) is 0 Å². The summed E-state index contributed by atoms with van der Waals surface area (Å²) in [5.41, 5.74) is 2.02. The van der Waals surface area contributed by atoms with Crippen molar-refractivity contribution in [3.63, 3.8) is 0 Å². The Balaban J connectivity index is 2.04. The van der Waals surface area contributed by atoms with Gasteiger partial charge in [-0.2, -0.15) is 5.26 Å². The van der Waals surface area contributed by atoms with Crippen molar-refractivity contribution in [3.05, 3.63) is 65.0 Å². The Morgan fingerprint density at radius 2 is 1.96 bits per heavy atom. The van der Waals surface area contributed by atoms with E-state index in [1.807, 2.05) is 30.3 Å². The fourth-order valence-corrected chi connectivity index (χ4v) is 2.77. The first-order valence-corrected chi connectivity index (χ1v) is 8.59. The third kappa shape index (κ3) is 4.06. The number of nitrogens with zero attached hydrogens (tertiary/aromatic N) is 2. The van der Waals surface area contributed by atoms with Gasteiger partial charge in [-0.1, -0.05) is 30.3 Å². The van der Waals surface area contributed by atoms with Crippen LogP contribution in [0.15, 0.2) is 42.5 Å². The minimum atomic E-state index is -0.365. The van der Waals surface area contributed by atoms with Crippen LogP contribution < -0.4 is 10.6 Å². The van der Waals surface area contributed by atoms with Crippen molar-refractivity contribution in [3.8, 4) is 6.07 Å². The fourth-order valence-electron chi connectivity index (χ4n) is 2.77. The number of carbonyl (C=O) groups is 2. The molecule has 6 heteroatoms. The number of benzene rings is 1. The van der Waals surface area contributed by atoms with Crippen LogP contribution in [0.1, 0.15) is 57.3 Å². The molecule has 1 saturated carbocycles. The lowest BCUT2D eigenvalue weighted by molar-refractivity contribution is 0.0951. The molecule has 1 heterocycles. The van der Waals surface area contributed by atoms with Crippen LogP contribution in [0.5, 0.6) is 0 Å². The molecule has 26 heavy (non-hydrogen) atoms. The normalized spacial score (nSPS) is 14.2. The molecule has 1 aromatic carbocycles. The summed E-state index contributed by atoms with van der Waals surface area (Å²) in [4.78, 5) is 29.0. The van der Waals surface area contributed by atoms with Gasteiger partial charge in [-0.05, 0) is 30.5 Å². The van der Waals surface area contributed by atoms with E-state index < -0.39 is 0 Å². The molecule has 1 aromatic heterocycles. The second kappa shape index (κ2) is 7.79. The first-order valence-electron chi connectivity index (χ1n) is 8.59. The Kier molecular flexibility index (Phi) is 5.28. The van der Waals surface area contributed by atoms with Crippen molar-refractivity contribution >= 4 is 11.8 Å². The second-order valence-corrected chi connectivity index (χ2v) is 6.32. The number of aromatic nitrogens is 1. The molecule has 0 bridgehead atoms. The van der Waals surface area contributed by atoms with Crippen LogP contribution in [-0.2, 0) is 0 Å². The summed E-state index contributed by atoms with van der Waals surface area (Å²) in [5, 5.41) is 14.7. The van der Waals surface area contributed by atoms with Crippen LogP contribution in [0.3, 0.4) is 0 Å². The molecule has 3 rings (SSSR count). The summed E-state index contributed by atoms with van der Waals surface area (Å²) in [7, 11) is 1.52. The van der Waals surface area contributed by atoms with Gasteiger partial charge in [0.05, 0.1) is 11.8 Å². The van der Waals surface area contributed by atoms with Crippen LogP contribution >= 0.6 is 0 Å². The molecule has 0 radical (unpaired) electrons. The molecule has 0 aliphatic heterocycles. The molecule has 0 spiro atoms. The van der Waals surface area contributed by atoms with Gasteiger partial charge in [0, 0.05) is 31.0 Å². The van der Waals surface area contributed by atoms with Crippen LogP contribution in [0.2, 0.25) is 0 Å². The van der Waals surface area contributed by atoms with E-state index >= 15 is 0 Å². The Morgan fingerprint density at radius 1 is 1.23 bits per heavy atom. The van der Waals surface area contributed by atoms with Gasteiger partial charge in [0.1, 0.15) is 5.69 Å². The van der Waals surface area contributed by atoms with Gasteiger partial charge in [-0.25, -0.2) is 4.98 Å². The molecule has 2 aromatic rings. The first kappa shape index (κ1) is 17.6. The smallest absolute Gasteiger partial charge is 0.269 e. The topological polar surface area (TPSA) is 94.9 Å². The maximum absolute atomic E-state index is 12.5. The maximum atomic E-state index is 12.5. The molecule has 1 unspecified atom stereocenters. The third-order valence-electron chi connectivity index (χ3n) is 4.33. The Labute approximate surface area is 152 Å². The predicted molar refractivity (Wildman–Crippen MR) is 96.6 cm³/mol. The number of hydrogen-bond acceptors (Lipinski definition) is 4. The molecule has 1 atom stereocenters. The van der Waals surface area contributed by atoms with Gasteiger partial charge in [-0.3, -0.25) is 9.59 Å². The highest BCUT2D eigenvalue weighted by molar-refractivity contribution is 5.98. The summed E-state index contributed by atoms with van der Waals surface area (Å²) in [6.45, 7) is 0. The summed E-state index contributed by atoms with van der Waals surface area (Å²) < 4.78 is 0. The van der Waals surface area contributed by atoms with Crippen molar-refractivity contribution < 1.29 is 9.59 Å². The lowest BCUT2D eigenvalue weighted by atomic mass is 9.91. The van der Waals surface area contributed by atoms with E-state index in [0.29, 0.717) is 11.3 Å². The lowest BCUT2D eigenvalue weighted by Gasteiger charge is -2.16. The third-order valence-corrected chi connectivity index (χ3v) is 4.33. The standard InChI is InChI=1S/C20H20N4O2/c1-22-20(26)18-12-14(19(25)23-15-7-8-15)11-17(24-18)16(9-10-21)13-5-3-2-4-6-13/h2-6,11-12,15-16H,7-9H2,1H3,(H,22,26)(H,23,25). The van der Waals surface area contributed by atoms with Crippen molar-refractivity contribution in [2.24, 2.45) is 0 Å². The van der Waals surface area contributed by atoms with E-state index in [2.05, 4.69) is 21.7 Å². The number of nitrogens with one attached hydrogen (secondary N) is 2. The number of hydrogen-bond donors (Lipinski definition) is 2. The number of rotatable bonds is 6. The minimum absolute atomic E-state index is 0.171. The van der Waals surface area contributed by atoms with Gasteiger partial charge in [0.2, 0.25) is 0 Å². The molecule has 132 valence electrons. The monoisotopic (exact) mass is 348 g/mol. The average molecular weight is 348 g/mol. The number of pyridine rings is 1. The largest absolute Gasteiger partial charge is 0.354 e. The quantitative estimate of drug-likeness (QED) is 0.838. The molecule has 1 fully saturated rings. The molecule has 0 saturated heterocycles. The maximum Gasteiger partial charge on any atom is 0.269 e. The van der Waals surface area contributed by atoms with E-state index in [9.17, 15) is 14.9 Å². The number of carbonyl (C=O) groups excluding carboxylic acids is 2. The summed E-state index contributed by atoms with van der Waals surface area (Å²) in [5.74, 6) is -0.889. The zero-order valence-electron chi connectivity index (χ0n) is 14.5. The summed E-state index contributed by atoms with van der Waals surface area (Å²) in [6, 6.07) is 15.1. The molecular formula is C20H20N4O2. The van der Waals surface area contributed by atoms with Gasteiger partial charge in [0.25, 0.3) is 11.8 Å². The fraction of sp³-hybridized carbons (Fsp3) is 0.300. The Morgan fingerprint density at radius 3 is 2.58 bits per heavy atom. The summed E-state index contributed by atoms with van der Waals surface area (Å²) >= 11 is 0. The zero-order chi connectivity index (χ0) is 18.5. The van der Waals surface area contributed by atoms with E-state index in [-0.39, 0.29) is 35.9 Å². The highest BCUT2D eigenvalue weighted by Crippen LogP contribution is 2.28. The molecule has 2 amide bonds. The minimum Gasteiger partial charge on any atom is -0.354 e. The first-order chi connectivity index (χ1) is 12.6. The van der Waals surface area contributed by atoms with Crippen molar-refractivity contribution in [2.45, 2.75) is 31.2 Å². The van der Waals surface area contributed by atoms with E-state index in [4.69, 9.17) is 0 Å². The van der Waals surface area contributed by atoms with Crippen LogP contribution in [-0.4, -0.2) is 29.9 Å². The van der Waals surface area contributed by atoms with Gasteiger partial charge in [0.15, 0.2) is 0 Å². The van der Waals surface area contributed by atoms with Crippen molar-refractivity contribution in [2.75, 3.05) is 7.05 Å². The van der Waals surface area contributed by atoms with Gasteiger partial charge >= 0.3 is 0 Å². The molecular weight excluding hydrogens is 328 g/mol. The van der Waals surface area contributed by atoms with Crippen molar-refractivity contribution in [1.29, 1.82) is 5.26 Å². The lowest BCUT2D eigenvalue weighted by Crippen LogP contribution is -2.27. The Bertz CT molecular complexity index is 854. The summed E-state index contributed by atoms with van der Waals surface area (Å²) in [6.07, 6.45) is 2.16. The van der Waals surface area contributed by atoms with Gasteiger partial charge in [-0.15, -0.1) is 0 Å². The van der Waals surface area contributed by atoms with Crippen LogP contribution in [0.4, 0.5) is 0 Å². The van der Waals surface area contributed by atoms with E-state index in [1.54, 1.807) is 6.07 Å². The predicted octanol–water partition coefficient (Wildman–Crippen LogP) is 2.38. The van der Waals surface area contributed by atoms with E-state index in [0.717, 1.165) is 18.4 Å². The number of amides is 2. The zero-order valence-corrected chi connectivity index (χ0v) is 14.5. The molecule has 2 N–H and O–H groups in total. The molecule has 1 aliphatic rings. The van der Waals surface area contributed by atoms with Crippen LogP contribution in [0, 0.1) is 11.3 Å². The molecule has 1 aliphatic carbocycles. The second-order valence-electron chi connectivity index (χ2n) is 6.32. The number of nitriles is 1. The Hall–Kier alpha value is -3.20. The average Bonchev–Trinajstić information content (AvgIpc) is 3.49. The van der Waals surface area contributed by atoms with Crippen molar-refractivity contribution in [1.82, 2.24) is 15.6 Å². The SMILES string of the molecule is CNC(=O)c1cc(C(=O)NC2CC2)cc(C(CC#N)c2ccccc2)n1.